The molecular formula is C22H21F3N2OS2. The number of hydrogen-bond acceptors (Lipinski definition) is 4. The van der Waals surface area contributed by atoms with E-state index in [4.69, 9.17) is 4.42 Å². The average molecular weight is 451 g/mol. The van der Waals surface area contributed by atoms with Crippen LogP contribution in [0.2, 0.25) is 0 Å². The highest BCUT2D eigenvalue weighted by molar-refractivity contribution is 8.23. The maximum absolute atomic E-state index is 13.9. The molecule has 1 atom stereocenters. The largest absolute Gasteiger partial charge is 0.467 e. The molecule has 2 aromatic heterocycles. The summed E-state index contributed by atoms with van der Waals surface area (Å²) in [5.41, 5.74) is 0.400. The van der Waals surface area contributed by atoms with Gasteiger partial charge in [0.05, 0.1) is 24.1 Å². The van der Waals surface area contributed by atoms with Gasteiger partial charge in [-0.25, -0.2) is 4.98 Å². The highest BCUT2D eigenvalue weighted by Gasteiger charge is 2.36. The number of alkyl halides is 3. The SMILES string of the molecule is CC(C)C1=CC=C[SH]1c1ccc(-c2csc(NCc3ccco3)n2)cc1C(F)(F)F. The van der Waals surface area contributed by atoms with Crippen molar-refractivity contribution in [2.75, 3.05) is 5.32 Å². The van der Waals surface area contributed by atoms with Crippen molar-refractivity contribution in [3.05, 3.63) is 75.8 Å². The second-order valence-corrected chi connectivity index (χ2v) is 10.1. The summed E-state index contributed by atoms with van der Waals surface area (Å²) in [4.78, 5) is 5.86. The summed E-state index contributed by atoms with van der Waals surface area (Å²) in [6.45, 7) is 4.50. The average Bonchev–Trinajstić information content (AvgIpc) is 3.46. The Kier molecular flexibility index (Phi) is 5.79. The molecule has 1 aliphatic rings. The number of hydrogen-bond donors (Lipinski definition) is 2. The number of benzene rings is 1. The molecule has 158 valence electrons. The van der Waals surface area contributed by atoms with Crippen molar-refractivity contribution in [3.63, 3.8) is 0 Å². The maximum atomic E-state index is 13.9. The van der Waals surface area contributed by atoms with E-state index in [1.165, 1.54) is 17.4 Å². The summed E-state index contributed by atoms with van der Waals surface area (Å²) in [6, 6.07) is 8.22. The highest BCUT2D eigenvalue weighted by Crippen LogP contribution is 2.55. The van der Waals surface area contributed by atoms with Gasteiger partial charge in [-0.3, -0.25) is 0 Å². The molecule has 4 rings (SSSR count). The van der Waals surface area contributed by atoms with Crippen LogP contribution in [0.5, 0.6) is 0 Å². The smallest absolute Gasteiger partial charge is 0.417 e. The van der Waals surface area contributed by atoms with Crippen LogP contribution in [0, 0.1) is 5.92 Å². The molecule has 1 N–H and O–H groups in total. The Labute approximate surface area is 179 Å². The van der Waals surface area contributed by atoms with Crippen molar-refractivity contribution in [2.24, 2.45) is 5.92 Å². The number of rotatable bonds is 6. The van der Waals surface area contributed by atoms with E-state index in [2.05, 4.69) is 10.3 Å². The molecule has 1 aliphatic heterocycles. The third-order valence-electron chi connectivity index (χ3n) is 4.73. The van der Waals surface area contributed by atoms with E-state index in [-0.39, 0.29) is 5.92 Å². The van der Waals surface area contributed by atoms with Gasteiger partial charge in [-0.05, 0) is 40.5 Å². The van der Waals surface area contributed by atoms with E-state index >= 15 is 0 Å². The number of thiazole rings is 1. The number of thiol groups is 1. The van der Waals surface area contributed by atoms with Crippen molar-refractivity contribution < 1.29 is 17.6 Å². The molecule has 0 aliphatic carbocycles. The number of nitrogens with one attached hydrogen (secondary N) is 1. The van der Waals surface area contributed by atoms with E-state index in [9.17, 15) is 13.2 Å². The Balaban J connectivity index is 1.63. The monoisotopic (exact) mass is 450 g/mol. The van der Waals surface area contributed by atoms with Crippen molar-refractivity contribution in [1.29, 1.82) is 0 Å². The van der Waals surface area contributed by atoms with Crippen LogP contribution < -0.4 is 5.32 Å². The lowest BCUT2D eigenvalue weighted by Gasteiger charge is -2.25. The summed E-state index contributed by atoms with van der Waals surface area (Å²) >= 11 is 1.35. The lowest BCUT2D eigenvalue weighted by atomic mass is 10.1. The van der Waals surface area contributed by atoms with Crippen molar-refractivity contribution >= 4 is 27.4 Å². The first kappa shape index (κ1) is 20.8. The van der Waals surface area contributed by atoms with Gasteiger partial charge in [0.2, 0.25) is 0 Å². The zero-order valence-electron chi connectivity index (χ0n) is 16.4. The second kappa shape index (κ2) is 8.35. The minimum Gasteiger partial charge on any atom is -0.467 e. The van der Waals surface area contributed by atoms with Gasteiger partial charge in [0.15, 0.2) is 5.13 Å². The minimum absolute atomic E-state index is 0.202. The molecule has 0 saturated heterocycles. The third-order valence-corrected chi connectivity index (χ3v) is 8.13. The molecule has 0 radical (unpaired) electrons. The van der Waals surface area contributed by atoms with Crippen LogP contribution in [-0.2, 0) is 12.7 Å². The number of allylic oxidation sites excluding steroid dienone is 3. The quantitative estimate of drug-likeness (QED) is 0.383. The number of nitrogens with zero attached hydrogens (tertiary/aromatic N) is 1. The highest BCUT2D eigenvalue weighted by atomic mass is 32.2. The van der Waals surface area contributed by atoms with Crippen molar-refractivity contribution in [1.82, 2.24) is 4.98 Å². The van der Waals surface area contributed by atoms with Crippen LogP contribution in [0.15, 0.2) is 73.8 Å². The van der Waals surface area contributed by atoms with E-state index in [1.54, 1.807) is 29.8 Å². The molecule has 0 bridgehead atoms. The summed E-state index contributed by atoms with van der Waals surface area (Å²) in [6.07, 6.45) is 0.975. The molecule has 0 saturated carbocycles. The summed E-state index contributed by atoms with van der Waals surface area (Å²) in [7, 11) is -1.11. The predicted octanol–water partition coefficient (Wildman–Crippen LogP) is 7.46. The lowest BCUT2D eigenvalue weighted by molar-refractivity contribution is -0.139. The zero-order valence-corrected chi connectivity index (χ0v) is 18.1. The van der Waals surface area contributed by atoms with Gasteiger partial charge < -0.3 is 9.73 Å². The Bertz CT molecular complexity index is 1080. The molecule has 0 fully saturated rings. The van der Waals surface area contributed by atoms with Crippen LogP contribution in [-0.4, -0.2) is 4.98 Å². The predicted molar refractivity (Wildman–Crippen MR) is 118 cm³/mol. The summed E-state index contributed by atoms with van der Waals surface area (Å²) < 4.78 is 47.1. The second-order valence-electron chi connectivity index (χ2n) is 7.16. The Hall–Kier alpha value is -2.45. The van der Waals surface area contributed by atoms with E-state index < -0.39 is 22.6 Å². The molecule has 3 nitrogen and oxygen atoms in total. The molecule has 0 spiro atoms. The van der Waals surface area contributed by atoms with Crippen LogP contribution in [0.1, 0.15) is 25.2 Å². The normalized spacial score (nSPS) is 17.5. The van der Waals surface area contributed by atoms with E-state index in [1.807, 2.05) is 37.5 Å². The van der Waals surface area contributed by atoms with Crippen molar-refractivity contribution in [2.45, 2.75) is 31.5 Å². The number of anilines is 1. The maximum Gasteiger partial charge on any atom is 0.417 e. The molecule has 1 unspecified atom stereocenters. The van der Waals surface area contributed by atoms with Gasteiger partial charge in [0.1, 0.15) is 5.76 Å². The van der Waals surface area contributed by atoms with Gasteiger partial charge in [0.25, 0.3) is 0 Å². The Morgan fingerprint density at radius 2 is 2.07 bits per heavy atom. The summed E-state index contributed by atoms with van der Waals surface area (Å²) in [5.74, 6) is 0.963. The zero-order chi connectivity index (χ0) is 21.3. The fraction of sp³-hybridized carbons (Fsp3) is 0.227. The lowest BCUT2D eigenvalue weighted by Crippen LogP contribution is -2.09. The van der Waals surface area contributed by atoms with Gasteiger partial charge in [-0.15, -0.1) is 11.3 Å². The number of furan rings is 1. The standard InChI is InChI=1S/C22H21F3N2OS2/c1-14(2)19-6-4-10-30(19)20-8-7-15(11-17(20)22(23,24)25)18-13-29-21(27-18)26-12-16-5-3-9-28-16/h3-11,13-14,30H,12H2,1-2H3,(H,26,27). The summed E-state index contributed by atoms with van der Waals surface area (Å²) in [5, 5.41) is 7.43. The van der Waals surface area contributed by atoms with Crippen LogP contribution in [0.25, 0.3) is 11.3 Å². The molecular weight excluding hydrogens is 429 g/mol. The fourth-order valence-electron chi connectivity index (χ4n) is 3.28. The van der Waals surface area contributed by atoms with Gasteiger partial charge in [0, 0.05) is 15.8 Å². The van der Waals surface area contributed by atoms with Gasteiger partial charge >= 0.3 is 6.18 Å². The minimum atomic E-state index is -4.43. The van der Waals surface area contributed by atoms with Crippen LogP contribution in [0.3, 0.4) is 0 Å². The topological polar surface area (TPSA) is 38.1 Å². The Morgan fingerprint density at radius 3 is 2.77 bits per heavy atom. The molecule has 8 heteroatoms. The molecule has 0 amide bonds. The van der Waals surface area contributed by atoms with Crippen LogP contribution >= 0.6 is 22.2 Å². The van der Waals surface area contributed by atoms with Gasteiger partial charge in [-0.2, -0.15) is 24.1 Å². The van der Waals surface area contributed by atoms with Crippen molar-refractivity contribution in [3.8, 4) is 11.3 Å². The van der Waals surface area contributed by atoms with E-state index in [0.29, 0.717) is 27.8 Å². The number of aromatic nitrogens is 1. The first-order chi connectivity index (χ1) is 14.3. The molecule has 3 aromatic rings. The van der Waals surface area contributed by atoms with Crippen LogP contribution in [0.4, 0.5) is 18.3 Å². The fourth-order valence-corrected chi connectivity index (χ4v) is 6.36. The number of halogens is 3. The first-order valence-corrected chi connectivity index (χ1v) is 11.7. The molecule has 1 aromatic carbocycles. The first-order valence-electron chi connectivity index (χ1n) is 9.44. The Morgan fingerprint density at radius 1 is 1.23 bits per heavy atom. The molecule has 3 heterocycles. The molecule has 30 heavy (non-hydrogen) atoms. The van der Waals surface area contributed by atoms with E-state index in [0.717, 1.165) is 10.7 Å². The third kappa shape index (κ3) is 4.34. The van der Waals surface area contributed by atoms with Gasteiger partial charge in [-0.1, -0.05) is 32.1 Å².